The highest BCUT2D eigenvalue weighted by Crippen LogP contribution is 2.25. The zero-order chi connectivity index (χ0) is 8.32. The maximum Gasteiger partial charge on any atom is 0.221 e. The van der Waals surface area contributed by atoms with Crippen molar-refractivity contribution in [3.8, 4) is 0 Å². The first-order valence-electron chi connectivity index (χ1n) is 4.03. The summed E-state index contributed by atoms with van der Waals surface area (Å²) in [5, 5.41) is 10.2. The number of nitrogens with two attached hydrogens (primary N) is 1. The van der Waals surface area contributed by atoms with Gasteiger partial charge in [0.05, 0.1) is 5.54 Å². The van der Waals surface area contributed by atoms with Crippen LogP contribution in [0.2, 0.25) is 0 Å². The van der Waals surface area contributed by atoms with Crippen molar-refractivity contribution in [2.24, 2.45) is 5.73 Å². The van der Waals surface area contributed by atoms with E-state index in [0.29, 0.717) is 0 Å². The first kappa shape index (κ1) is 11.6. The van der Waals surface area contributed by atoms with Crippen molar-refractivity contribution in [1.82, 2.24) is 0 Å². The van der Waals surface area contributed by atoms with Crippen LogP contribution in [-0.4, -0.2) is 17.0 Å². The van der Waals surface area contributed by atoms with Gasteiger partial charge in [0.1, 0.15) is 0 Å². The molecule has 0 radical (unpaired) electrons. The van der Waals surface area contributed by atoms with Crippen LogP contribution in [0.25, 0.3) is 0 Å². The van der Waals surface area contributed by atoms with E-state index in [1.807, 2.05) is 0 Å². The minimum absolute atomic E-state index is 0. The fourth-order valence-electron chi connectivity index (χ4n) is 1.67. The van der Waals surface area contributed by atoms with E-state index in [2.05, 4.69) is 0 Å². The number of hydrogen-bond acceptors (Lipinski definition) is 3. The summed E-state index contributed by atoms with van der Waals surface area (Å²) in [5.41, 5.74) is 5.32. The topological polar surface area (TPSA) is 69.2 Å². The molecule has 4 nitrogen and oxygen atoms in total. The Hall–Kier alpha value is -0.350. The van der Waals surface area contributed by atoms with Crippen molar-refractivity contribution in [3.63, 3.8) is 0 Å². The number of nitrogens with zero attached hydrogens (tertiary/aromatic N) is 1. The van der Waals surface area contributed by atoms with Crippen LogP contribution in [0.3, 0.4) is 0 Å². The SMILES string of the molecule is Cl.NC1(C[N+](=O)[O-])CCCCC1. The molecule has 72 valence electrons. The van der Waals surface area contributed by atoms with Crippen molar-refractivity contribution >= 4 is 12.4 Å². The summed E-state index contributed by atoms with van der Waals surface area (Å²) in [6.07, 6.45) is 4.90. The highest BCUT2D eigenvalue weighted by atomic mass is 35.5. The third-order valence-electron chi connectivity index (χ3n) is 2.29. The fraction of sp³-hybridized carbons (Fsp3) is 1.00. The van der Waals surface area contributed by atoms with Crippen LogP contribution in [0, 0.1) is 10.1 Å². The Kier molecular flexibility index (Phi) is 4.49. The van der Waals surface area contributed by atoms with Gasteiger partial charge < -0.3 is 5.73 Å². The second kappa shape index (κ2) is 4.62. The van der Waals surface area contributed by atoms with Crippen LogP contribution in [0.5, 0.6) is 0 Å². The Bertz CT molecular complexity index is 157. The number of nitro groups is 1. The van der Waals surface area contributed by atoms with E-state index < -0.39 is 5.54 Å². The molecule has 5 heteroatoms. The molecule has 0 amide bonds. The molecule has 0 aromatic carbocycles. The molecular weight excluding hydrogens is 180 g/mol. The molecule has 1 fully saturated rings. The van der Waals surface area contributed by atoms with Gasteiger partial charge in [0, 0.05) is 4.92 Å². The van der Waals surface area contributed by atoms with Gasteiger partial charge in [-0.1, -0.05) is 19.3 Å². The standard InChI is InChI=1S/C7H14N2O2.ClH/c8-7(6-9(10)11)4-2-1-3-5-7;/h1-6,8H2;1H. The Morgan fingerprint density at radius 2 is 1.83 bits per heavy atom. The van der Waals surface area contributed by atoms with E-state index in [1.54, 1.807) is 0 Å². The molecule has 0 unspecified atom stereocenters. The van der Waals surface area contributed by atoms with Crippen LogP contribution in [-0.2, 0) is 0 Å². The van der Waals surface area contributed by atoms with Crippen molar-refractivity contribution in [1.29, 1.82) is 0 Å². The highest BCUT2D eigenvalue weighted by Gasteiger charge is 2.32. The highest BCUT2D eigenvalue weighted by molar-refractivity contribution is 5.85. The Morgan fingerprint density at radius 3 is 2.25 bits per heavy atom. The molecule has 0 aromatic heterocycles. The van der Waals surface area contributed by atoms with E-state index in [9.17, 15) is 10.1 Å². The number of hydrogen-bond donors (Lipinski definition) is 1. The van der Waals surface area contributed by atoms with Gasteiger partial charge in [-0.25, -0.2) is 0 Å². The van der Waals surface area contributed by atoms with Gasteiger partial charge in [-0.3, -0.25) is 10.1 Å². The molecule has 1 aliphatic rings. The summed E-state index contributed by atoms with van der Waals surface area (Å²) in [5.74, 6) is 0. The first-order chi connectivity index (χ1) is 5.12. The van der Waals surface area contributed by atoms with Crippen LogP contribution in [0.4, 0.5) is 0 Å². The Balaban J connectivity index is 0.00000121. The molecular formula is C7H15ClN2O2. The summed E-state index contributed by atoms with van der Waals surface area (Å²) in [6, 6.07) is 0. The summed E-state index contributed by atoms with van der Waals surface area (Å²) in [7, 11) is 0. The number of rotatable bonds is 2. The molecule has 0 aromatic rings. The van der Waals surface area contributed by atoms with Crippen molar-refractivity contribution < 1.29 is 4.92 Å². The lowest BCUT2D eigenvalue weighted by Crippen LogP contribution is -2.47. The molecule has 0 bridgehead atoms. The van der Waals surface area contributed by atoms with Crippen molar-refractivity contribution in [2.45, 2.75) is 37.6 Å². The monoisotopic (exact) mass is 194 g/mol. The minimum atomic E-state index is -0.498. The van der Waals surface area contributed by atoms with E-state index in [1.165, 1.54) is 6.42 Å². The van der Waals surface area contributed by atoms with Crippen LogP contribution < -0.4 is 5.73 Å². The summed E-state index contributed by atoms with van der Waals surface area (Å²) >= 11 is 0. The molecule has 0 spiro atoms. The molecule has 2 N–H and O–H groups in total. The van der Waals surface area contributed by atoms with Gasteiger partial charge in [0.2, 0.25) is 6.54 Å². The molecule has 12 heavy (non-hydrogen) atoms. The lowest BCUT2D eigenvalue weighted by atomic mass is 9.83. The zero-order valence-electron chi connectivity index (χ0n) is 6.99. The quantitative estimate of drug-likeness (QED) is 0.533. The van der Waals surface area contributed by atoms with Gasteiger partial charge in [-0.15, -0.1) is 12.4 Å². The fourth-order valence-corrected chi connectivity index (χ4v) is 1.67. The second-order valence-corrected chi connectivity index (χ2v) is 3.41. The van der Waals surface area contributed by atoms with Crippen LogP contribution in [0.1, 0.15) is 32.1 Å². The predicted molar refractivity (Wildman–Crippen MR) is 49.1 cm³/mol. The maximum atomic E-state index is 10.2. The molecule has 1 rings (SSSR count). The third-order valence-corrected chi connectivity index (χ3v) is 2.29. The maximum absolute atomic E-state index is 10.2. The normalized spacial score (nSPS) is 21.1. The van der Waals surface area contributed by atoms with Gasteiger partial charge >= 0.3 is 0 Å². The predicted octanol–water partition coefficient (Wildman–Crippen LogP) is 1.35. The lowest BCUT2D eigenvalue weighted by Gasteiger charge is -2.28. The second-order valence-electron chi connectivity index (χ2n) is 3.41. The number of halogens is 1. The molecule has 1 saturated carbocycles. The van der Waals surface area contributed by atoms with Crippen molar-refractivity contribution in [3.05, 3.63) is 10.1 Å². The molecule has 0 atom stereocenters. The molecule has 0 heterocycles. The third kappa shape index (κ3) is 3.36. The van der Waals surface area contributed by atoms with Crippen LogP contribution >= 0.6 is 12.4 Å². The lowest BCUT2D eigenvalue weighted by molar-refractivity contribution is -0.490. The minimum Gasteiger partial charge on any atom is -0.320 e. The Labute approximate surface area is 78.1 Å². The van der Waals surface area contributed by atoms with E-state index in [4.69, 9.17) is 5.73 Å². The van der Waals surface area contributed by atoms with Crippen LogP contribution in [0.15, 0.2) is 0 Å². The van der Waals surface area contributed by atoms with E-state index in [0.717, 1.165) is 25.7 Å². The largest absolute Gasteiger partial charge is 0.320 e. The van der Waals surface area contributed by atoms with E-state index >= 15 is 0 Å². The summed E-state index contributed by atoms with van der Waals surface area (Å²) in [6.45, 7) is -0.0625. The van der Waals surface area contributed by atoms with Crippen molar-refractivity contribution in [2.75, 3.05) is 6.54 Å². The van der Waals surface area contributed by atoms with E-state index in [-0.39, 0.29) is 23.9 Å². The zero-order valence-corrected chi connectivity index (χ0v) is 7.81. The van der Waals surface area contributed by atoms with Gasteiger partial charge in [-0.2, -0.15) is 0 Å². The van der Waals surface area contributed by atoms with Gasteiger partial charge in [-0.05, 0) is 12.8 Å². The summed E-state index contributed by atoms with van der Waals surface area (Å²) in [4.78, 5) is 9.90. The molecule has 0 saturated heterocycles. The van der Waals surface area contributed by atoms with Gasteiger partial charge in [0.25, 0.3) is 0 Å². The smallest absolute Gasteiger partial charge is 0.221 e. The van der Waals surface area contributed by atoms with Gasteiger partial charge in [0.15, 0.2) is 0 Å². The molecule has 1 aliphatic carbocycles. The first-order valence-corrected chi connectivity index (χ1v) is 4.03. The average Bonchev–Trinajstić information content (AvgIpc) is 1.85. The summed E-state index contributed by atoms with van der Waals surface area (Å²) < 4.78 is 0. The Morgan fingerprint density at radius 1 is 1.33 bits per heavy atom. The average molecular weight is 195 g/mol. The molecule has 0 aliphatic heterocycles.